The molecular weight excluding hydrogens is 805 g/mol. The van der Waals surface area contributed by atoms with Gasteiger partial charge in [0.25, 0.3) is 0 Å². The van der Waals surface area contributed by atoms with Crippen LogP contribution in [-0.4, -0.2) is 24.8 Å². The molecule has 1 amide bonds. The number of amides is 1. The molecule has 0 heterocycles. The lowest BCUT2D eigenvalue weighted by atomic mass is 9.98. The first-order chi connectivity index (χ1) is 31.9. The van der Waals surface area contributed by atoms with Crippen LogP contribution in [0.2, 0.25) is 0 Å². The Bertz CT molecular complexity index is 1850. The third-order valence-electron chi connectivity index (χ3n) is 9.32. The zero-order chi connectivity index (χ0) is 50.0. The predicted molar refractivity (Wildman–Crippen MR) is 294 cm³/mol. The number of unbranched alkanes of at least 4 members (excludes halogenated alkanes) is 1. The fourth-order valence-corrected chi connectivity index (χ4v) is 6.24. The van der Waals surface area contributed by atoms with Crippen molar-refractivity contribution in [3.8, 4) is 11.1 Å². The van der Waals surface area contributed by atoms with Gasteiger partial charge >= 0.3 is 6.09 Å². The van der Waals surface area contributed by atoms with Crippen LogP contribution in [0.25, 0.3) is 11.1 Å². The van der Waals surface area contributed by atoms with Gasteiger partial charge in [0.1, 0.15) is 6.61 Å². The molecule has 0 saturated carbocycles. The second-order valence-electron chi connectivity index (χ2n) is 16.2. The van der Waals surface area contributed by atoms with Gasteiger partial charge in [-0.3, -0.25) is 0 Å². The van der Waals surface area contributed by atoms with Gasteiger partial charge in [-0.2, -0.15) is 0 Å². The van der Waals surface area contributed by atoms with Crippen molar-refractivity contribution in [1.82, 2.24) is 5.32 Å². The summed E-state index contributed by atoms with van der Waals surface area (Å²) in [5.74, 6) is 1.55. The summed E-state index contributed by atoms with van der Waals surface area (Å²) in [6.45, 7) is 31.4. The third-order valence-corrected chi connectivity index (χ3v) is 9.32. The van der Waals surface area contributed by atoms with Crippen LogP contribution in [0.5, 0.6) is 0 Å². The number of carbonyl (C=O) groups excluding carboxylic acids is 1. The van der Waals surface area contributed by atoms with Crippen molar-refractivity contribution in [3.05, 3.63) is 204 Å². The van der Waals surface area contributed by atoms with Crippen LogP contribution in [0, 0.1) is 12.8 Å². The quantitative estimate of drug-likeness (QED) is 0.152. The molecule has 362 valence electrons. The number of benzene rings is 6. The van der Waals surface area contributed by atoms with Gasteiger partial charge in [-0.05, 0) is 85.8 Å². The first kappa shape index (κ1) is 62.6. The summed E-state index contributed by atoms with van der Waals surface area (Å²) in [7, 11) is 0. The van der Waals surface area contributed by atoms with Gasteiger partial charge in [-0.1, -0.05) is 270 Å². The maximum atomic E-state index is 11.7. The average Bonchev–Trinajstić information content (AvgIpc) is 3.67. The van der Waals surface area contributed by atoms with Crippen LogP contribution in [0.1, 0.15) is 156 Å². The Labute approximate surface area is 405 Å². The monoisotopic (exact) mass is 897 g/mol. The van der Waals surface area contributed by atoms with Crippen LogP contribution in [0.15, 0.2) is 176 Å². The van der Waals surface area contributed by atoms with E-state index in [-0.39, 0.29) is 18.1 Å². The first-order valence-electron chi connectivity index (χ1n) is 24.9. The molecule has 1 atom stereocenters. The zero-order valence-electron chi connectivity index (χ0n) is 44.1. The minimum Gasteiger partial charge on any atom is -0.449 e. The molecule has 0 radical (unpaired) electrons. The number of ether oxygens (including phenoxy) is 1. The van der Waals surface area contributed by atoms with E-state index in [0.717, 1.165) is 5.92 Å². The molecule has 0 aliphatic heterocycles. The van der Waals surface area contributed by atoms with Crippen LogP contribution < -0.4 is 11.1 Å². The summed E-state index contributed by atoms with van der Waals surface area (Å²) >= 11 is 0. The van der Waals surface area contributed by atoms with Gasteiger partial charge in [0.2, 0.25) is 0 Å². The fraction of sp³-hybridized carbons (Fsp3) is 0.403. The van der Waals surface area contributed by atoms with Gasteiger partial charge in [0.05, 0.1) is 0 Å². The molecule has 0 spiro atoms. The van der Waals surface area contributed by atoms with Crippen molar-refractivity contribution in [2.75, 3.05) is 6.61 Å². The highest BCUT2D eigenvalue weighted by atomic mass is 16.5. The van der Waals surface area contributed by atoms with Gasteiger partial charge in [0, 0.05) is 18.0 Å². The molecule has 1 aliphatic rings. The summed E-state index contributed by atoms with van der Waals surface area (Å²) in [5.41, 5.74) is 14.6. The van der Waals surface area contributed by atoms with Crippen molar-refractivity contribution >= 4 is 6.09 Å². The summed E-state index contributed by atoms with van der Waals surface area (Å²) in [5, 5.41) is 2.75. The Morgan fingerprint density at radius 2 is 0.939 bits per heavy atom. The van der Waals surface area contributed by atoms with E-state index >= 15 is 0 Å². The molecule has 0 fully saturated rings. The number of carbonyl (C=O) groups is 1. The first-order valence-corrected chi connectivity index (χ1v) is 24.9. The average molecular weight is 897 g/mol. The number of hydrogen-bond acceptors (Lipinski definition) is 3. The van der Waals surface area contributed by atoms with Crippen LogP contribution in [-0.2, 0) is 11.2 Å². The van der Waals surface area contributed by atoms with E-state index in [1.807, 2.05) is 140 Å². The van der Waals surface area contributed by atoms with Crippen molar-refractivity contribution in [1.29, 1.82) is 0 Å². The fourth-order valence-electron chi connectivity index (χ4n) is 6.24. The summed E-state index contributed by atoms with van der Waals surface area (Å²) in [6.07, 6.45) is 4.56. The molecule has 0 bridgehead atoms. The van der Waals surface area contributed by atoms with E-state index in [2.05, 4.69) is 145 Å². The maximum Gasteiger partial charge on any atom is 0.407 e. The summed E-state index contributed by atoms with van der Waals surface area (Å²) < 4.78 is 5.40. The molecular formula is C62H92N2O2. The molecule has 4 heteroatoms. The Morgan fingerprint density at radius 1 is 0.561 bits per heavy atom. The molecule has 1 aliphatic carbocycles. The predicted octanol–water partition coefficient (Wildman–Crippen LogP) is 17.9. The van der Waals surface area contributed by atoms with E-state index in [9.17, 15) is 4.79 Å². The highest BCUT2D eigenvalue weighted by Gasteiger charge is 2.29. The highest BCUT2D eigenvalue weighted by Crippen LogP contribution is 2.44. The van der Waals surface area contributed by atoms with Crippen molar-refractivity contribution in [3.63, 3.8) is 0 Å². The number of nitrogens with one attached hydrogen (secondary N) is 1. The second kappa shape index (κ2) is 42.2. The highest BCUT2D eigenvalue weighted by molar-refractivity contribution is 5.79. The molecule has 66 heavy (non-hydrogen) atoms. The van der Waals surface area contributed by atoms with Crippen LogP contribution in [0.4, 0.5) is 4.79 Å². The largest absolute Gasteiger partial charge is 0.449 e. The lowest BCUT2D eigenvalue weighted by molar-refractivity contribution is 0.140. The minimum atomic E-state index is -0.355. The van der Waals surface area contributed by atoms with Crippen LogP contribution in [0.3, 0.4) is 0 Å². The van der Waals surface area contributed by atoms with Crippen molar-refractivity contribution in [2.45, 2.75) is 153 Å². The molecule has 1 unspecified atom stereocenters. The Morgan fingerprint density at radius 3 is 1.26 bits per heavy atom. The lowest BCUT2D eigenvalue weighted by Crippen LogP contribution is -2.31. The maximum absolute atomic E-state index is 11.7. The van der Waals surface area contributed by atoms with Gasteiger partial charge in [0.15, 0.2) is 0 Å². The molecule has 7 rings (SSSR count). The SMILES string of the molecule is CC.CC.CC.CC(C)Cc1ccccc1.CC(C)NC(=O)OCC1c2ccccc2-c2ccccc21.CC(C)c1ccccc1.CCCCC(C)N.Cc1ccccc1.c1ccccc1. The van der Waals surface area contributed by atoms with Gasteiger partial charge in [-0.15, -0.1) is 0 Å². The summed E-state index contributed by atoms with van der Waals surface area (Å²) in [6, 6.07) is 60.5. The molecule has 4 nitrogen and oxygen atoms in total. The standard InChI is InChI=1S/C18H19NO2.C10H14.C9H12.C7H8.C6H15N.C6H6.3C2H6/c1-12(2)19-18(20)21-11-17-15-9-5-3-7-13(15)14-8-4-6-10-16(14)17;1-9(2)8-10-6-4-3-5-7-10;1-8(2)9-6-4-3-5-7-9;1-7-5-3-2-4-6-7;1-3-4-5-6(2)7;1-2-4-6-5-3-1;3*1-2/h3-10,12,17H,11H2,1-2H3,(H,19,20);3-7,9H,8H2,1-2H3;3-8H,1-2H3;2-6H,1H3;6H,3-5,7H2,1-2H3;1-6H;3*1-2H3. The Kier molecular flexibility index (Phi) is 40.1. The molecule has 6 aromatic carbocycles. The van der Waals surface area contributed by atoms with E-state index in [1.165, 1.54) is 64.6 Å². The Hall–Kier alpha value is -5.45. The number of aryl methyl sites for hydroxylation is 1. The van der Waals surface area contributed by atoms with Gasteiger partial charge < -0.3 is 15.8 Å². The molecule has 0 saturated heterocycles. The van der Waals surface area contributed by atoms with Crippen molar-refractivity contribution in [2.24, 2.45) is 11.7 Å². The normalized spacial score (nSPS) is 10.5. The lowest BCUT2D eigenvalue weighted by Gasteiger charge is -2.15. The van der Waals surface area contributed by atoms with Gasteiger partial charge in [-0.25, -0.2) is 4.79 Å². The smallest absolute Gasteiger partial charge is 0.407 e. The van der Waals surface area contributed by atoms with Crippen LogP contribution >= 0.6 is 0 Å². The summed E-state index contributed by atoms with van der Waals surface area (Å²) in [4.78, 5) is 11.7. The number of nitrogens with two attached hydrogens (primary N) is 1. The van der Waals surface area contributed by atoms with E-state index in [0.29, 0.717) is 18.6 Å². The number of rotatable bonds is 9. The minimum absolute atomic E-state index is 0.0839. The van der Waals surface area contributed by atoms with Crippen molar-refractivity contribution < 1.29 is 9.53 Å². The molecule has 0 aromatic heterocycles. The third kappa shape index (κ3) is 30.6. The second-order valence-corrected chi connectivity index (χ2v) is 16.2. The zero-order valence-corrected chi connectivity index (χ0v) is 44.1. The molecule has 6 aromatic rings. The molecule has 3 N–H and O–H groups in total. The topological polar surface area (TPSA) is 64.3 Å². The number of alkyl carbamates (subject to hydrolysis) is 1. The number of hydrogen-bond donors (Lipinski definition) is 2. The Balaban J connectivity index is 0. The van der Waals surface area contributed by atoms with E-state index in [1.54, 1.807) is 0 Å². The van der Waals surface area contributed by atoms with E-state index < -0.39 is 0 Å². The van der Waals surface area contributed by atoms with E-state index in [4.69, 9.17) is 10.5 Å². The number of fused-ring (bicyclic) bond motifs is 3.